The predicted octanol–water partition coefficient (Wildman–Crippen LogP) is 4.72. The first-order valence-electron chi connectivity index (χ1n) is 20.2. The van der Waals surface area contributed by atoms with Crippen LogP contribution in [-0.2, 0) is 35.1 Å². The van der Waals surface area contributed by atoms with Gasteiger partial charge < -0.3 is 25.0 Å². The van der Waals surface area contributed by atoms with Gasteiger partial charge in [0.15, 0.2) is 5.69 Å². The van der Waals surface area contributed by atoms with Crippen molar-refractivity contribution in [2.24, 2.45) is 29.1 Å². The number of alkyl halides is 4. The summed E-state index contributed by atoms with van der Waals surface area (Å²) >= 11 is 0. The van der Waals surface area contributed by atoms with Crippen LogP contribution < -0.4 is 20.1 Å². The van der Waals surface area contributed by atoms with Crippen LogP contribution in [0.3, 0.4) is 0 Å². The van der Waals surface area contributed by atoms with Crippen molar-refractivity contribution < 1.29 is 54.6 Å². The standard InChI is InChI=1S/C40H48F4N6O8S/c1-38(2,3)31-35(52)50-19-21(17-28(50)33(51)48-39(18-25(39)32(41)42)36(53)49-59(55,56)22-12-13-22)57-34-30(45-26-9-4-5-10-27(26)46-34)40(43,44)15-7-6-8-24-23-14-11-20(23)16-29(24)58-37(54)47-31/h4-5,9-11,14,20-25,28-29,31-32H,6-8,12-13,15-19H2,1-3H3,(H,47,54)(H,48,51)(H,49,53)/t20-,21+,23-,24+,25-,28-,29+,31+,39+/m0/s1. The Labute approximate surface area is 338 Å². The van der Waals surface area contributed by atoms with Gasteiger partial charge in [-0.05, 0) is 67.9 Å². The Morgan fingerprint density at radius 2 is 1.71 bits per heavy atom. The lowest BCUT2D eigenvalue weighted by Crippen LogP contribution is -2.60. The minimum absolute atomic E-state index is 0.106. The zero-order valence-corrected chi connectivity index (χ0v) is 33.7. The summed E-state index contributed by atoms with van der Waals surface area (Å²) in [5.74, 6) is -8.84. The van der Waals surface area contributed by atoms with Gasteiger partial charge in [0.05, 0.1) is 28.7 Å². The fourth-order valence-electron chi connectivity index (χ4n) is 9.12. The largest absolute Gasteiger partial charge is 0.471 e. The molecule has 1 aromatic carbocycles. The summed E-state index contributed by atoms with van der Waals surface area (Å²) in [5.41, 5.74) is -3.60. The van der Waals surface area contributed by atoms with Gasteiger partial charge in [-0.2, -0.15) is 8.78 Å². The Balaban J connectivity index is 1.15. The van der Waals surface area contributed by atoms with Crippen molar-refractivity contribution in [2.45, 2.75) is 126 Å². The highest BCUT2D eigenvalue weighted by Crippen LogP contribution is 2.50. The molecule has 2 aliphatic heterocycles. The lowest BCUT2D eigenvalue weighted by molar-refractivity contribution is -0.143. The van der Waals surface area contributed by atoms with E-state index in [2.05, 4.69) is 20.6 Å². The number of fused-ring (bicyclic) bond motifs is 7. The van der Waals surface area contributed by atoms with Crippen molar-refractivity contribution in [3.05, 3.63) is 42.1 Å². The molecule has 1 aromatic heterocycles. The first-order chi connectivity index (χ1) is 27.8. The van der Waals surface area contributed by atoms with Gasteiger partial charge in [0.2, 0.25) is 34.1 Å². The molecule has 3 heterocycles. The van der Waals surface area contributed by atoms with Gasteiger partial charge in [-0.15, -0.1) is 0 Å². The molecule has 19 heteroatoms. The fraction of sp³-hybridized carbons (Fsp3) is 0.650. The van der Waals surface area contributed by atoms with Gasteiger partial charge in [-0.1, -0.05) is 51.5 Å². The van der Waals surface area contributed by atoms with E-state index < -0.39 is 124 Å². The molecule has 2 aromatic rings. The number of para-hydroxylation sites is 2. The molecule has 9 atom stereocenters. The van der Waals surface area contributed by atoms with Crippen LogP contribution in [0.1, 0.15) is 84.3 Å². The molecule has 0 spiro atoms. The fourth-order valence-corrected chi connectivity index (χ4v) is 10.5. The number of nitrogens with one attached hydrogen (secondary N) is 3. The molecule has 3 N–H and O–H groups in total. The van der Waals surface area contributed by atoms with Crippen molar-refractivity contribution in [3.63, 3.8) is 0 Å². The van der Waals surface area contributed by atoms with E-state index in [1.54, 1.807) is 39.0 Å². The van der Waals surface area contributed by atoms with E-state index >= 15 is 8.78 Å². The summed E-state index contributed by atoms with van der Waals surface area (Å²) in [6.07, 6.45) is -1.11. The first kappa shape index (κ1) is 41.2. The number of rotatable bonds is 6. The van der Waals surface area contributed by atoms with Crippen LogP contribution in [-0.4, -0.2) is 95.2 Å². The van der Waals surface area contributed by atoms with Crippen LogP contribution in [0.5, 0.6) is 5.88 Å². The third-order valence-corrected chi connectivity index (χ3v) is 14.6. The third kappa shape index (κ3) is 7.94. The molecule has 4 fully saturated rings. The van der Waals surface area contributed by atoms with E-state index in [1.807, 2.05) is 16.9 Å². The number of alkyl carbamates (subject to hydrolysis) is 1. The van der Waals surface area contributed by atoms with Crippen LogP contribution in [0.25, 0.3) is 11.0 Å². The smallest absolute Gasteiger partial charge is 0.408 e. The quantitative estimate of drug-likeness (QED) is 0.271. The zero-order chi connectivity index (χ0) is 42.2. The Morgan fingerprint density at radius 1 is 1.00 bits per heavy atom. The number of halogens is 4. The molecule has 320 valence electrons. The van der Waals surface area contributed by atoms with E-state index in [-0.39, 0.29) is 54.5 Å². The van der Waals surface area contributed by atoms with Crippen LogP contribution in [0, 0.1) is 29.1 Å². The molecule has 3 saturated carbocycles. The Morgan fingerprint density at radius 3 is 2.34 bits per heavy atom. The van der Waals surface area contributed by atoms with Crippen LogP contribution in [0.2, 0.25) is 0 Å². The molecule has 4 amide bonds. The molecular weight excluding hydrogens is 801 g/mol. The number of hydrogen-bond donors (Lipinski definition) is 3. The van der Waals surface area contributed by atoms with Crippen molar-refractivity contribution in [3.8, 4) is 5.88 Å². The van der Waals surface area contributed by atoms with E-state index in [0.717, 1.165) is 4.90 Å². The second-order valence-electron chi connectivity index (χ2n) is 18.0. The number of carbonyl (C=O) groups is 4. The number of benzene rings is 1. The number of allylic oxidation sites excluding steroid dienone is 2. The summed E-state index contributed by atoms with van der Waals surface area (Å²) in [7, 11) is -4.20. The van der Waals surface area contributed by atoms with Crippen molar-refractivity contribution >= 4 is 44.9 Å². The van der Waals surface area contributed by atoms with E-state index in [0.29, 0.717) is 19.3 Å². The summed E-state index contributed by atoms with van der Waals surface area (Å²) in [5, 5.41) is 4.20. The topological polar surface area (TPSA) is 186 Å². The molecule has 14 nitrogen and oxygen atoms in total. The molecular formula is C40H48F4N6O8S. The molecule has 6 aliphatic rings. The van der Waals surface area contributed by atoms with Crippen molar-refractivity contribution in [1.82, 2.24) is 30.2 Å². The molecule has 0 unspecified atom stereocenters. The van der Waals surface area contributed by atoms with Crippen LogP contribution >= 0.6 is 0 Å². The number of ether oxygens (including phenoxy) is 2. The second-order valence-corrected chi connectivity index (χ2v) is 20.0. The van der Waals surface area contributed by atoms with E-state index in [1.165, 1.54) is 6.07 Å². The Hall–Kier alpha value is -4.55. The lowest BCUT2D eigenvalue weighted by atomic mass is 9.78. The molecule has 0 radical (unpaired) electrons. The van der Waals surface area contributed by atoms with Gasteiger partial charge in [0, 0.05) is 18.8 Å². The van der Waals surface area contributed by atoms with Crippen molar-refractivity contribution in [1.29, 1.82) is 0 Å². The second kappa shape index (κ2) is 14.9. The molecule has 59 heavy (non-hydrogen) atoms. The van der Waals surface area contributed by atoms with Gasteiger partial charge >= 0.3 is 6.09 Å². The maximum absolute atomic E-state index is 16.3. The molecule has 8 rings (SSSR count). The summed E-state index contributed by atoms with van der Waals surface area (Å²) in [4.78, 5) is 65.9. The van der Waals surface area contributed by atoms with Gasteiger partial charge in [0.25, 0.3) is 11.8 Å². The van der Waals surface area contributed by atoms with Crippen LogP contribution in [0.15, 0.2) is 36.4 Å². The van der Waals surface area contributed by atoms with E-state index in [9.17, 15) is 36.4 Å². The highest BCUT2D eigenvalue weighted by Gasteiger charge is 2.67. The normalized spacial score (nSPS) is 33.3. The summed E-state index contributed by atoms with van der Waals surface area (Å²) in [6.45, 7) is 4.63. The van der Waals surface area contributed by atoms with Crippen molar-refractivity contribution in [2.75, 3.05) is 6.54 Å². The maximum atomic E-state index is 16.3. The van der Waals surface area contributed by atoms with E-state index in [4.69, 9.17) is 9.47 Å². The SMILES string of the molecule is CC(C)(C)[C@@H]1NC(=O)O[C@@H]2C[C@@H]3C=C[C@@H]3[C@H]2CCCCC(F)(F)c2nc3ccccc3nc2O[C@@H]2C[C@@H](C(=O)N[C@]3(C(=O)NS(=O)(=O)C4CC4)C[C@H]3C(F)F)N(C2)C1=O. The molecule has 4 aliphatic carbocycles. The Bertz CT molecular complexity index is 2180. The molecule has 1 saturated heterocycles. The minimum atomic E-state index is -4.20. The average molecular weight is 849 g/mol. The molecule has 2 bridgehead atoms. The first-order valence-corrected chi connectivity index (χ1v) is 21.8. The lowest BCUT2D eigenvalue weighted by Gasteiger charge is -2.36. The summed E-state index contributed by atoms with van der Waals surface area (Å²) < 4.78 is 100. The van der Waals surface area contributed by atoms with Gasteiger partial charge in [-0.25, -0.2) is 32.0 Å². The number of aromatic nitrogens is 2. The summed E-state index contributed by atoms with van der Waals surface area (Å²) in [6, 6.07) is 3.50. The minimum Gasteiger partial charge on any atom is -0.471 e. The van der Waals surface area contributed by atoms with Crippen LogP contribution in [0.4, 0.5) is 22.4 Å². The zero-order valence-electron chi connectivity index (χ0n) is 32.8. The van der Waals surface area contributed by atoms with Gasteiger partial charge in [0.1, 0.15) is 29.8 Å². The predicted molar refractivity (Wildman–Crippen MR) is 202 cm³/mol. The number of amides is 4. The number of carbonyl (C=O) groups excluding carboxylic acids is 4. The Kier molecular flexibility index (Phi) is 10.4. The highest BCUT2D eigenvalue weighted by atomic mass is 32.2. The number of hydrogen-bond acceptors (Lipinski definition) is 10. The number of sulfonamides is 1. The number of nitrogens with zero attached hydrogens (tertiary/aromatic N) is 3. The average Bonchev–Trinajstić information content (AvgIpc) is 4.07. The van der Waals surface area contributed by atoms with Gasteiger partial charge in [-0.3, -0.25) is 19.1 Å². The highest BCUT2D eigenvalue weighted by molar-refractivity contribution is 7.91. The monoisotopic (exact) mass is 848 g/mol. The third-order valence-electron chi connectivity index (χ3n) is 12.7. The maximum Gasteiger partial charge on any atom is 0.408 e.